The SMILES string of the molecule is CCc1ccc(-c2c(C#N)c(N)nc(SC(CC)C(=O)N(c3ccccc3)c3ccccc3)c2C#N)cc1. The summed E-state index contributed by atoms with van der Waals surface area (Å²) in [6.07, 6.45) is 1.36. The Kier molecular flexibility index (Phi) is 8.43. The number of nitrogen functional groups attached to an aromatic ring is 1. The second kappa shape index (κ2) is 12.1. The van der Waals surface area contributed by atoms with Gasteiger partial charge >= 0.3 is 0 Å². The van der Waals surface area contributed by atoms with E-state index in [-0.39, 0.29) is 22.9 Å². The molecule has 1 heterocycles. The number of nitrogens with two attached hydrogens (primary N) is 1. The summed E-state index contributed by atoms with van der Waals surface area (Å²) in [5.74, 6) is -0.105. The Balaban J connectivity index is 1.79. The van der Waals surface area contributed by atoms with Gasteiger partial charge in [-0.2, -0.15) is 10.5 Å². The Morgan fingerprint density at radius 3 is 1.92 bits per heavy atom. The molecule has 0 saturated heterocycles. The van der Waals surface area contributed by atoms with Crippen molar-refractivity contribution in [3.63, 3.8) is 0 Å². The van der Waals surface area contributed by atoms with Crippen LogP contribution in [0.3, 0.4) is 0 Å². The molecule has 0 aliphatic carbocycles. The molecule has 6 nitrogen and oxygen atoms in total. The second-order valence-corrected chi connectivity index (χ2v) is 9.75. The molecule has 3 aromatic carbocycles. The molecule has 1 amide bonds. The zero-order chi connectivity index (χ0) is 27.1. The van der Waals surface area contributed by atoms with Crippen molar-refractivity contribution in [1.29, 1.82) is 10.5 Å². The van der Waals surface area contributed by atoms with Gasteiger partial charge in [-0.25, -0.2) is 4.98 Å². The maximum absolute atomic E-state index is 14.0. The van der Waals surface area contributed by atoms with Crippen molar-refractivity contribution in [3.05, 3.63) is 102 Å². The summed E-state index contributed by atoms with van der Waals surface area (Å²) in [5.41, 5.74) is 10.4. The van der Waals surface area contributed by atoms with Crippen molar-refractivity contribution in [2.45, 2.75) is 37.0 Å². The summed E-state index contributed by atoms with van der Waals surface area (Å²) in [6, 6.07) is 31.0. The first-order valence-electron chi connectivity index (χ1n) is 12.4. The first-order chi connectivity index (χ1) is 18.5. The number of hydrogen-bond acceptors (Lipinski definition) is 6. The predicted molar refractivity (Wildman–Crippen MR) is 153 cm³/mol. The van der Waals surface area contributed by atoms with E-state index >= 15 is 0 Å². The smallest absolute Gasteiger partial charge is 0.245 e. The Morgan fingerprint density at radius 1 is 0.895 bits per heavy atom. The number of aromatic nitrogens is 1. The number of nitriles is 2. The molecule has 1 aromatic heterocycles. The van der Waals surface area contributed by atoms with Gasteiger partial charge in [-0.3, -0.25) is 9.69 Å². The van der Waals surface area contributed by atoms with Crippen LogP contribution in [-0.4, -0.2) is 16.1 Å². The molecule has 0 spiro atoms. The Bertz CT molecular complexity index is 1470. The Morgan fingerprint density at radius 2 is 1.45 bits per heavy atom. The normalized spacial score (nSPS) is 11.3. The van der Waals surface area contributed by atoms with E-state index in [2.05, 4.69) is 24.0 Å². The minimum Gasteiger partial charge on any atom is -0.383 e. The first kappa shape index (κ1) is 26.5. The topological polar surface area (TPSA) is 107 Å². The fraction of sp³-hybridized carbons (Fsp3) is 0.161. The minimum atomic E-state index is -0.558. The van der Waals surface area contributed by atoms with Gasteiger partial charge in [0.1, 0.15) is 28.5 Å². The number of nitrogens with zero attached hydrogens (tertiary/aromatic N) is 4. The molecule has 2 N–H and O–H groups in total. The maximum Gasteiger partial charge on any atom is 0.245 e. The molecule has 7 heteroatoms. The lowest BCUT2D eigenvalue weighted by Crippen LogP contribution is -2.34. The monoisotopic (exact) mass is 517 g/mol. The highest BCUT2D eigenvalue weighted by Gasteiger charge is 2.29. The van der Waals surface area contributed by atoms with E-state index in [9.17, 15) is 15.3 Å². The van der Waals surface area contributed by atoms with Crippen LogP contribution in [0, 0.1) is 22.7 Å². The van der Waals surface area contributed by atoms with Gasteiger partial charge in [-0.15, -0.1) is 0 Å². The highest BCUT2D eigenvalue weighted by atomic mass is 32.2. The molecule has 0 bridgehead atoms. The third-order valence-electron chi connectivity index (χ3n) is 6.22. The molecule has 0 aliphatic rings. The van der Waals surface area contributed by atoms with Crippen molar-refractivity contribution in [1.82, 2.24) is 4.98 Å². The van der Waals surface area contributed by atoms with Gasteiger partial charge in [-0.1, -0.05) is 86.3 Å². The van der Waals surface area contributed by atoms with Crippen LogP contribution in [0.25, 0.3) is 11.1 Å². The average molecular weight is 518 g/mol. The van der Waals surface area contributed by atoms with E-state index in [1.807, 2.05) is 91.9 Å². The fourth-order valence-corrected chi connectivity index (χ4v) is 5.28. The highest BCUT2D eigenvalue weighted by molar-refractivity contribution is 8.00. The zero-order valence-corrected chi connectivity index (χ0v) is 22.1. The molecule has 1 unspecified atom stereocenters. The number of rotatable bonds is 8. The third-order valence-corrected chi connectivity index (χ3v) is 7.55. The predicted octanol–water partition coefficient (Wildman–Crippen LogP) is 6.87. The molecule has 4 aromatic rings. The summed E-state index contributed by atoms with van der Waals surface area (Å²) < 4.78 is 0. The second-order valence-electron chi connectivity index (χ2n) is 8.56. The Labute approximate surface area is 227 Å². The van der Waals surface area contributed by atoms with Gasteiger partial charge in [-0.05, 0) is 48.2 Å². The third kappa shape index (κ3) is 5.39. The summed E-state index contributed by atoms with van der Waals surface area (Å²) in [7, 11) is 0. The van der Waals surface area contributed by atoms with E-state index in [0.29, 0.717) is 22.6 Å². The number of carbonyl (C=O) groups excluding carboxylic acids is 1. The zero-order valence-electron chi connectivity index (χ0n) is 21.3. The van der Waals surface area contributed by atoms with Crippen LogP contribution in [-0.2, 0) is 11.2 Å². The van der Waals surface area contributed by atoms with Crippen molar-refractivity contribution in [2.75, 3.05) is 10.6 Å². The molecule has 0 fully saturated rings. The first-order valence-corrected chi connectivity index (χ1v) is 13.2. The number of pyridine rings is 1. The standard InChI is InChI=1S/C31H27N5OS/c1-3-21-15-17-22(18-16-21)28-25(19-32)29(34)35-30(26(28)20-33)38-27(4-2)31(37)36(23-11-7-5-8-12-23)24-13-9-6-10-14-24/h5-18,27H,3-4H2,1-2H3,(H2,34,35). The molecule has 188 valence electrons. The van der Waals surface area contributed by atoms with E-state index in [1.165, 1.54) is 11.8 Å². The van der Waals surface area contributed by atoms with Crippen LogP contribution in [0.2, 0.25) is 0 Å². The van der Waals surface area contributed by atoms with Crippen molar-refractivity contribution < 1.29 is 4.79 Å². The van der Waals surface area contributed by atoms with Crippen molar-refractivity contribution in [2.24, 2.45) is 0 Å². The summed E-state index contributed by atoms with van der Waals surface area (Å²) >= 11 is 1.20. The van der Waals surface area contributed by atoms with Gasteiger partial charge in [0, 0.05) is 16.9 Å². The van der Waals surface area contributed by atoms with Gasteiger partial charge in [0.25, 0.3) is 0 Å². The number of anilines is 3. The number of hydrogen-bond donors (Lipinski definition) is 1. The number of carbonyl (C=O) groups is 1. The minimum absolute atomic E-state index is 0.0360. The van der Waals surface area contributed by atoms with Crippen LogP contribution in [0.4, 0.5) is 17.2 Å². The van der Waals surface area contributed by atoms with Gasteiger partial charge in [0.15, 0.2) is 0 Å². The number of para-hydroxylation sites is 2. The number of benzene rings is 3. The van der Waals surface area contributed by atoms with Crippen molar-refractivity contribution in [3.8, 4) is 23.3 Å². The molecule has 0 radical (unpaired) electrons. The quantitative estimate of drug-likeness (QED) is 0.256. The Hall–Kier alpha value is -4.59. The van der Waals surface area contributed by atoms with Gasteiger partial charge in [0.05, 0.1) is 10.8 Å². The maximum atomic E-state index is 14.0. The molecule has 4 rings (SSSR count). The summed E-state index contributed by atoms with van der Waals surface area (Å²) in [6.45, 7) is 3.98. The van der Waals surface area contributed by atoms with Crippen LogP contribution in [0.15, 0.2) is 90.0 Å². The molecule has 0 aliphatic heterocycles. The highest BCUT2D eigenvalue weighted by Crippen LogP contribution is 2.39. The van der Waals surface area contributed by atoms with E-state index in [0.717, 1.165) is 23.4 Å². The van der Waals surface area contributed by atoms with E-state index in [4.69, 9.17) is 5.73 Å². The average Bonchev–Trinajstić information content (AvgIpc) is 2.96. The lowest BCUT2D eigenvalue weighted by molar-refractivity contribution is -0.117. The summed E-state index contributed by atoms with van der Waals surface area (Å²) in [4.78, 5) is 20.1. The molecule has 0 saturated carbocycles. The fourth-order valence-electron chi connectivity index (χ4n) is 4.22. The van der Waals surface area contributed by atoms with Gasteiger partial charge in [0.2, 0.25) is 5.91 Å². The van der Waals surface area contributed by atoms with Gasteiger partial charge < -0.3 is 5.73 Å². The largest absolute Gasteiger partial charge is 0.383 e. The van der Waals surface area contributed by atoms with Crippen LogP contribution in [0.5, 0.6) is 0 Å². The van der Waals surface area contributed by atoms with Crippen LogP contribution < -0.4 is 10.6 Å². The van der Waals surface area contributed by atoms with E-state index < -0.39 is 5.25 Å². The number of aryl methyl sites for hydroxylation is 1. The lowest BCUT2D eigenvalue weighted by atomic mass is 9.96. The number of thioether (sulfide) groups is 1. The lowest BCUT2D eigenvalue weighted by Gasteiger charge is -2.27. The number of amides is 1. The summed E-state index contributed by atoms with van der Waals surface area (Å²) in [5, 5.41) is 19.9. The molecular weight excluding hydrogens is 490 g/mol. The van der Waals surface area contributed by atoms with Crippen LogP contribution >= 0.6 is 11.8 Å². The molecule has 1 atom stereocenters. The van der Waals surface area contributed by atoms with Crippen molar-refractivity contribution >= 4 is 34.9 Å². The molecule has 38 heavy (non-hydrogen) atoms. The van der Waals surface area contributed by atoms with Crippen LogP contribution in [0.1, 0.15) is 37.0 Å². The van der Waals surface area contributed by atoms with E-state index in [1.54, 1.807) is 4.90 Å². The molecular formula is C31H27N5OS.